The summed E-state index contributed by atoms with van der Waals surface area (Å²) in [6, 6.07) is 2.16. The van der Waals surface area contributed by atoms with Crippen molar-refractivity contribution in [2.24, 2.45) is 0 Å². The molecular weight excluding hydrogens is 192 g/mol. The first-order chi connectivity index (χ1) is 7.27. The van der Waals surface area contributed by atoms with Crippen molar-refractivity contribution in [1.29, 1.82) is 0 Å². The van der Waals surface area contributed by atoms with E-state index in [4.69, 9.17) is 0 Å². The van der Waals surface area contributed by atoms with E-state index in [-0.39, 0.29) is 5.91 Å². The van der Waals surface area contributed by atoms with Gasteiger partial charge in [-0.1, -0.05) is 0 Å². The van der Waals surface area contributed by atoms with E-state index in [9.17, 15) is 4.79 Å². The summed E-state index contributed by atoms with van der Waals surface area (Å²) >= 11 is 0. The van der Waals surface area contributed by atoms with Gasteiger partial charge in [0.1, 0.15) is 6.54 Å². The predicted octanol–water partition coefficient (Wildman–Crippen LogP) is -0.297. The van der Waals surface area contributed by atoms with E-state index >= 15 is 0 Å². The van der Waals surface area contributed by atoms with E-state index in [1.807, 2.05) is 18.0 Å². The fourth-order valence-corrected chi connectivity index (χ4v) is 1.82. The van der Waals surface area contributed by atoms with Crippen LogP contribution in [0, 0.1) is 0 Å². The number of rotatable bonds is 3. The molecule has 1 fully saturated rings. The van der Waals surface area contributed by atoms with E-state index in [1.54, 1.807) is 17.1 Å². The second kappa shape index (κ2) is 4.44. The Labute approximate surface area is 89.1 Å². The molecule has 0 saturated carbocycles. The van der Waals surface area contributed by atoms with Gasteiger partial charge in [-0.15, -0.1) is 0 Å². The van der Waals surface area contributed by atoms with Gasteiger partial charge in [0.05, 0.1) is 0 Å². The molecule has 1 N–H and O–H groups in total. The maximum absolute atomic E-state index is 11.8. The maximum atomic E-state index is 11.8. The Kier molecular flexibility index (Phi) is 3.01. The predicted molar refractivity (Wildman–Crippen MR) is 56.3 cm³/mol. The first-order valence-corrected chi connectivity index (χ1v) is 5.21. The van der Waals surface area contributed by atoms with Crippen LogP contribution in [-0.4, -0.2) is 46.8 Å². The third-order valence-corrected chi connectivity index (χ3v) is 2.83. The number of carbonyl (C=O) groups excluding carboxylic acids is 1. The van der Waals surface area contributed by atoms with Gasteiger partial charge in [0.25, 0.3) is 0 Å². The summed E-state index contributed by atoms with van der Waals surface area (Å²) in [5.74, 6) is 0.118. The largest absolute Gasteiger partial charge is 0.340 e. The van der Waals surface area contributed by atoms with Crippen LogP contribution in [0.3, 0.4) is 0 Å². The molecule has 2 heterocycles. The normalized spacial score (nSPS) is 20.5. The highest BCUT2D eigenvalue weighted by atomic mass is 16.2. The highest BCUT2D eigenvalue weighted by Crippen LogP contribution is 2.06. The molecule has 0 spiro atoms. The minimum atomic E-state index is 0.118. The van der Waals surface area contributed by atoms with E-state index in [2.05, 4.69) is 10.4 Å². The molecule has 15 heavy (non-hydrogen) atoms. The van der Waals surface area contributed by atoms with Gasteiger partial charge in [-0.05, 0) is 19.0 Å². The Morgan fingerprint density at radius 2 is 2.60 bits per heavy atom. The Morgan fingerprint density at radius 1 is 1.73 bits per heavy atom. The van der Waals surface area contributed by atoms with Gasteiger partial charge in [0, 0.05) is 32.0 Å². The van der Waals surface area contributed by atoms with Crippen LogP contribution >= 0.6 is 0 Å². The summed E-state index contributed by atoms with van der Waals surface area (Å²) in [4.78, 5) is 13.7. The number of hydrogen-bond donors (Lipinski definition) is 1. The molecule has 0 aromatic carbocycles. The van der Waals surface area contributed by atoms with Gasteiger partial charge in [-0.25, -0.2) is 0 Å². The number of hydrogen-bond acceptors (Lipinski definition) is 3. The zero-order valence-corrected chi connectivity index (χ0v) is 8.89. The smallest absolute Gasteiger partial charge is 0.244 e. The molecule has 1 unspecified atom stereocenters. The highest BCUT2D eigenvalue weighted by molar-refractivity contribution is 5.76. The van der Waals surface area contributed by atoms with Gasteiger partial charge >= 0.3 is 0 Å². The lowest BCUT2D eigenvalue weighted by atomic mass is 10.2. The van der Waals surface area contributed by atoms with Crippen molar-refractivity contribution in [3.05, 3.63) is 18.5 Å². The van der Waals surface area contributed by atoms with Crippen LogP contribution in [0.25, 0.3) is 0 Å². The number of carbonyl (C=O) groups is 1. The average Bonchev–Trinajstić information content (AvgIpc) is 2.88. The van der Waals surface area contributed by atoms with E-state index < -0.39 is 0 Å². The fourth-order valence-electron chi connectivity index (χ4n) is 1.82. The molecule has 0 aliphatic carbocycles. The molecule has 1 aromatic rings. The van der Waals surface area contributed by atoms with Crippen molar-refractivity contribution in [2.75, 3.05) is 20.1 Å². The molecule has 82 valence electrons. The topological polar surface area (TPSA) is 50.2 Å². The van der Waals surface area contributed by atoms with Gasteiger partial charge in [0.15, 0.2) is 0 Å². The van der Waals surface area contributed by atoms with E-state index in [0.29, 0.717) is 12.6 Å². The van der Waals surface area contributed by atoms with Crippen LogP contribution < -0.4 is 5.32 Å². The third-order valence-electron chi connectivity index (χ3n) is 2.83. The van der Waals surface area contributed by atoms with Crippen molar-refractivity contribution in [2.45, 2.75) is 19.0 Å². The monoisotopic (exact) mass is 208 g/mol. The summed E-state index contributed by atoms with van der Waals surface area (Å²) in [5.41, 5.74) is 0. The molecule has 0 bridgehead atoms. The molecule has 1 amide bonds. The maximum Gasteiger partial charge on any atom is 0.244 e. The van der Waals surface area contributed by atoms with Crippen molar-refractivity contribution in [3.8, 4) is 0 Å². The zero-order valence-electron chi connectivity index (χ0n) is 8.89. The molecule has 1 saturated heterocycles. The molecule has 5 nitrogen and oxygen atoms in total. The lowest BCUT2D eigenvalue weighted by molar-refractivity contribution is -0.132. The van der Waals surface area contributed by atoms with E-state index in [0.717, 1.165) is 19.5 Å². The highest BCUT2D eigenvalue weighted by Gasteiger charge is 2.22. The number of aromatic nitrogens is 2. The Morgan fingerprint density at radius 3 is 3.20 bits per heavy atom. The van der Waals surface area contributed by atoms with Crippen LogP contribution in [0.15, 0.2) is 18.5 Å². The van der Waals surface area contributed by atoms with Crippen LogP contribution in [0.4, 0.5) is 0 Å². The van der Waals surface area contributed by atoms with E-state index in [1.165, 1.54) is 0 Å². The summed E-state index contributed by atoms with van der Waals surface area (Å²) in [6.07, 6.45) is 4.53. The molecule has 1 atom stereocenters. The average molecular weight is 208 g/mol. The molecule has 1 aliphatic rings. The Balaban J connectivity index is 1.89. The van der Waals surface area contributed by atoms with Crippen molar-refractivity contribution >= 4 is 5.91 Å². The number of nitrogens with zero attached hydrogens (tertiary/aromatic N) is 3. The molecule has 5 heteroatoms. The summed E-state index contributed by atoms with van der Waals surface area (Å²) in [6.45, 7) is 2.24. The lowest BCUT2D eigenvalue weighted by Crippen LogP contribution is -2.40. The first-order valence-electron chi connectivity index (χ1n) is 5.21. The minimum absolute atomic E-state index is 0.118. The zero-order chi connectivity index (χ0) is 10.7. The quantitative estimate of drug-likeness (QED) is 0.742. The fraction of sp³-hybridized carbons (Fsp3) is 0.600. The lowest BCUT2D eigenvalue weighted by Gasteiger charge is -2.23. The Bertz CT molecular complexity index is 316. The molecule has 2 rings (SSSR count). The number of nitrogens with one attached hydrogen (secondary N) is 1. The summed E-state index contributed by atoms with van der Waals surface area (Å²) in [7, 11) is 1.86. The van der Waals surface area contributed by atoms with Gasteiger partial charge in [-0.3, -0.25) is 9.48 Å². The first kappa shape index (κ1) is 10.2. The standard InChI is InChI=1S/C10H16N4O/c1-13(9-3-5-11-7-9)10(15)8-14-6-2-4-12-14/h2,4,6,9,11H,3,5,7-8H2,1H3. The van der Waals surface area contributed by atoms with Gasteiger partial charge in [-0.2, -0.15) is 5.10 Å². The second-order valence-electron chi connectivity index (χ2n) is 3.85. The van der Waals surface area contributed by atoms with Crippen LogP contribution in [0.1, 0.15) is 6.42 Å². The Hall–Kier alpha value is -1.36. The SMILES string of the molecule is CN(C(=O)Cn1cccn1)C1CCNC1. The summed E-state index contributed by atoms with van der Waals surface area (Å²) in [5, 5.41) is 7.27. The molecule has 0 radical (unpaired) electrons. The molecule has 1 aliphatic heterocycles. The molecule has 1 aromatic heterocycles. The van der Waals surface area contributed by atoms with Crippen LogP contribution in [0.5, 0.6) is 0 Å². The second-order valence-corrected chi connectivity index (χ2v) is 3.85. The third kappa shape index (κ3) is 2.36. The number of likely N-dealkylation sites (N-methyl/N-ethyl adjacent to an activating group) is 1. The molecular formula is C10H16N4O. The summed E-state index contributed by atoms with van der Waals surface area (Å²) < 4.78 is 1.65. The number of amides is 1. The van der Waals surface area contributed by atoms with Crippen LogP contribution in [-0.2, 0) is 11.3 Å². The van der Waals surface area contributed by atoms with Crippen molar-refractivity contribution in [3.63, 3.8) is 0 Å². The van der Waals surface area contributed by atoms with Gasteiger partial charge in [0.2, 0.25) is 5.91 Å². The minimum Gasteiger partial charge on any atom is -0.340 e. The van der Waals surface area contributed by atoms with Crippen LogP contribution in [0.2, 0.25) is 0 Å². The van der Waals surface area contributed by atoms with Crippen molar-refractivity contribution < 1.29 is 4.79 Å². The van der Waals surface area contributed by atoms with Gasteiger partial charge < -0.3 is 10.2 Å². The van der Waals surface area contributed by atoms with Crippen molar-refractivity contribution in [1.82, 2.24) is 20.0 Å².